The van der Waals surface area contributed by atoms with Gasteiger partial charge in [-0.25, -0.2) is 4.79 Å². The van der Waals surface area contributed by atoms with E-state index in [-0.39, 0.29) is 6.61 Å². The molecule has 1 aromatic carbocycles. The van der Waals surface area contributed by atoms with Gasteiger partial charge in [-0.1, -0.05) is 12.1 Å². The topological polar surface area (TPSA) is 84.0 Å². The lowest BCUT2D eigenvalue weighted by atomic mass is 10.1. The number of benzene rings is 1. The maximum atomic E-state index is 12.0. The zero-order chi connectivity index (χ0) is 22.6. The third-order valence-electron chi connectivity index (χ3n) is 3.55. The summed E-state index contributed by atoms with van der Waals surface area (Å²) in [4.78, 5) is 15.8. The second-order valence-corrected chi connectivity index (χ2v) is 7.52. The number of nitrogens with zero attached hydrogens (tertiary/aromatic N) is 1. The summed E-state index contributed by atoms with van der Waals surface area (Å²) in [7, 11) is 1.62. The summed E-state index contributed by atoms with van der Waals surface area (Å²) >= 11 is 0. The Hall–Kier alpha value is -2.49. The van der Waals surface area contributed by atoms with Gasteiger partial charge in [-0.15, -0.1) is 0 Å². The normalized spacial score (nSPS) is 12.4. The molecule has 0 heterocycles. The first kappa shape index (κ1) is 25.5. The number of rotatable bonds is 9. The first-order chi connectivity index (χ1) is 14.0. The molecule has 3 N–H and O–H groups in total. The number of alkyl halides is 3. The minimum absolute atomic E-state index is 0.0210. The molecular weight excluding hydrogens is 401 g/mol. The molecule has 0 fully saturated rings. The van der Waals surface area contributed by atoms with E-state index in [1.165, 1.54) is 0 Å². The molecule has 0 saturated carbocycles. The molecule has 0 aliphatic carbocycles. The number of nitrogens with one attached hydrogen (secondary N) is 3. The molecule has 1 rings (SSSR count). The molecule has 10 heteroatoms. The van der Waals surface area contributed by atoms with E-state index in [1.807, 2.05) is 12.1 Å². The van der Waals surface area contributed by atoms with Crippen LogP contribution >= 0.6 is 0 Å². The molecule has 0 aliphatic rings. The van der Waals surface area contributed by atoms with Crippen LogP contribution in [0, 0.1) is 0 Å². The third kappa shape index (κ3) is 12.9. The fourth-order valence-corrected chi connectivity index (χ4v) is 2.29. The van der Waals surface area contributed by atoms with E-state index in [2.05, 4.69) is 25.7 Å². The number of carbonyl (C=O) groups excluding carboxylic acids is 1. The van der Waals surface area contributed by atoms with Gasteiger partial charge in [-0.05, 0) is 51.3 Å². The first-order valence-electron chi connectivity index (χ1n) is 9.66. The zero-order valence-electron chi connectivity index (χ0n) is 17.9. The Balaban J connectivity index is 2.26. The van der Waals surface area contributed by atoms with Gasteiger partial charge in [-0.3, -0.25) is 10.3 Å². The second-order valence-electron chi connectivity index (χ2n) is 7.52. The monoisotopic (exact) mass is 432 g/mol. The predicted octanol–water partition coefficient (Wildman–Crippen LogP) is 3.71. The highest BCUT2D eigenvalue weighted by Crippen LogP contribution is 2.14. The van der Waals surface area contributed by atoms with Crippen LogP contribution in [0.25, 0.3) is 0 Å². The lowest BCUT2D eigenvalue weighted by molar-refractivity contribution is -0.173. The number of aliphatic imine (C=N–C) groups is 1. The van der Waals surface area contributed by atoms with Gasteiger partial charge in [0.2, 0.25) is 0 Å². The molecule has 0 radical (unpaired) electrons. The number of amides is 1. The van der Waals surface area contributed by atoms with E-state index < -0.39 is 24.5 Å². The fraction of sp³-hybridized carbons (Fsp3) is 0.600. The lowest BCUT2D eigenvalue weighted by Crippen LogP contribution is -2.39. The Morgan fingerprint density at radius 3 is 2.27 bits per heavy atom. The van der Waals surface area contributed by atoms with Crippen LogP contribution in [0.4, 0.5) is 23.7 Å². The number of halogens is 3. The number of guanidine groups is 1. The van der Waals surface area contributed by atoms with Crippen molar-refractivity contribution >= 4 is 17.7 Å². The van der Waals surface area contributed by atoms with Crippen LogP contribution < -0.4 is 16.0 Å². The van der Waals surface area contributed by atoms with Crippen molar-refractivity contribution < 1.29 is 27.4 Å². The predicted molar refractivity (Wildman–Crippen MR) is 111 cm³/mol. The van der Waals surface area contributed by atoms with E-state index in [9.17, 15) is 18.0 Å². The lowest BCUT2D eigenvalue weighted by Gasteiger charge is -2.19. The SMILES string of the molecule is CN=C(NCCCOCC(F)(F)F)NCCc1ccc(NC(=O)OC(C)(C)C)cc1. The van der Waals surface area contributed by atoms with Gasteiger partial charge in [0.1, 0.15) is 12.2 Å². The highest BCUT2D eigenvalue weighted by Gasteiger charge is 2.27. The maximum Gasteiger partial charge on any atom is 0.412 e. The van der Waals surface area contributed by atoms with Crippen LogP contribution in [-0.2, 0) is 15.9 Å². The van der Waals surface area contributed by atoms with Crippen LogP contribution in [-0.4, -0.2) is 57.2 Å². The van der Waals surface area contributed by atoms with Crippen molar-refractivity contribution in [3.8, 4) is 0 Å². The summed E-state index contributed by atoms with van der Waals surface area (Å²) in [6.45, 7) is 5.25. The Kier molecular flexibility index (Phi) is 10.4. The second kappa shape index (κ2) is 12.3. The molecule has 0 atom stereocenters. The molecule has 7 nitrogen and oxygen atoms in total. The van der Waals surface area contributed by atoms with Gasteiger partial charge < -0.3 is 20.1 Å². The molecule has 170 valence electrons. The number of hydrogen-bond donors (Lipinski definition) is 3. The smallest absolute Gasteiger partial charge is 0.412 e. The molecule has 0 unspecified atom stereocenters. The van der Waals surface area contributed by atoms with Crippen LogP contribution in [0.15, 0.2) is 29.3 Å². The fourth-order valence-electron chi connectivity index (χ4n) is 2.29. The van der Waals surface area contributed by atoms with E-state index >= 15 is 0 Å². The Bertz CT molecular complexity index is 671. The van der Waals surface area contributed by atoms with Crippen molar-refractivity contribution in [1.82, 2.24) is 10.6 Å². The molecule has 0 aliphatic heterocycles. The number of anilines is 1. The molecule has 1 aromatic rings. The standard InChI is InChI=1S/C20H31F3N4O3/c1-19(2,3)30-18(28)27-16-8-6-15(7-9-16)10-12-26-17(24-4)25-11-5-13-29-14-20(21,22)23/h6-9H,5,10-14H2,1-4H3,(H,27,28)(H2,24,25,26). The number of hydrogen-bond acceptors (Lipinski definition) is 4. The zero-order valence-corrected chi connectivity index (χ0v) is 17.9. The molecule has 30 heavy (non-hydrogen) atoms. The van der Waals surface area contributed by atoms with Gasteiger partial charge >= 0.3 is 12.3 Å². The minimum atomic E-state index is -4.30. The van der Waals surface area contributed by atoms with Crippen molar-refractivity contribution in [3.05, 3.63) is 29.8 Å². The minimum Gasteiger partial charge on any atom is -0.444 e. The van der Waals surface area contributed by atoms with Gasteiger partial charge in [0.05, 0.1) is 0 Å². The van der Waals surface area contributed by atoms with Crippen molar-refractivity contribution in [3.63, 3.8) is 0 Å². The Morgan fingerprint density at radius 1 is 1.07 bits per heavy atom. The highest BCUT2D eigenvalue weighted by molar-refractivity contribution is 5.84. The van der Waals surface area contributed by atoms with Gasteiger partial charge in [-0.2, -0.15) is 13.2 Å². The summed E-state index contributed by atoms with van der Waals surface area (Å²) in [6.07, 6.45) is -3.64. The number of carbonyl (C=O) groups is 1. The van der Waals surface area contributed by atoms with Gasteiger partial charge in [0.15, 0.2) is 5.96 Å². The van der Waals surface area contributed by atoms with E-state index in [4.69, 9.17) is 4.74 Å². The van der Waals surface area contributed by atoms with Crippen LogP contribution in [0.2, 0.25) is 0 Å². The van der Waals surface area contributed by atoms with E-state index in [0.717, 1.165) is 12.0 Å². The average Bonchev–Trinajstić information content (AvgIpc) is 2.62. The molecule has 1 amide bonds. The van der Waals surface area contributed by atoms with E-state index in [1.54, 1.807) is 40.0 Å². The van der Waals surface area contributed by atoms with Gasteiger partial charge in [0, 0.05) is 32.4 Å². The third-order valence-corrected chi connectivity index (χ3v) is 3.55. The average molecular weight is 432 g/mol. The highest BCUT2D eigenvalue weighted by atomic mass is 19.4. The van der Waals surface area contributed by atoms with Crippen molar-refractivity contribution in [2.24, 2.45) is 4.99 Å². The quantitative estimate of drug-likeness (QED) is 0.315. The Morgan fingerprint density at radius 2 is 1.70 bits per heavy atom. The maximum absolute atomic E-state index is 12.0. The largest absolute Gasteiger partial charge is 0.444 e. The van der Waals surface area contributed by atoms with Crippen LogP contribution in [0.1, 0.15) is 32.8 Å². The first-order valence-corrected chi connectivity index (χ1v) is 9.66. The summed E-state index contributed by atoms with van der Waals surface area (Å²) in [5.41, 5.74) is 1.15. The molecule has 0 saturated heterocycles. The molecule has 0 bridgehead atoms. The van der Waals surface area contributed by atoms with Crippen molar-refractivity contribution in [2.75, 3.05) is 38.7 Å². The van der Waals surface area contributed by atoms with Crippen LogP contribution in [0.3, 0.4) is 0 Å². The molecule has 0 aromatic heterocycles. The van der Waals surface area contributed by atoms with Gasteiger partial charge in [0.25, 0.3) is 0 Å². The van der Waals surface area contributed by atoms with E-state index in [0.29, 0.717) is 31.2 Å². The van der Waals surface area contributed by atoms with Crippen molar-refractivity contribution in [2.45, 2.75) is 45.4 Å². The molecule has 0 spiro atoms. The van der Waals surface area contributed by atoms with Crippen molar-refractivity contribution in [1.29, 1.82) is 0 Å². The summed E-state index contributed by atoms with van der Waals surface area (Å²) in [5, 5.41) is 8.83. The molecular formula is C20H31F3N4O3. The van der Waals surface area contributed by atoms with Crippen LogP contribution in [0.5, 0.6) is 0 Å². The summed E-state index contributed by atoms with van der Waals surface area (Å²) in [5.74, 6) is 0.564. The number of ether oxygens (including phenoxy) is 2. The Labute approximate surface area is 175 Å². The summed E-state index contributed by atoms with van der Waals surface area (Å²) in [6, 6.07) is 7.41. The summed E-state index contributed by atoms with van der Waals surface area (Å²) < 4.78 is 45.7.